The van der Waals surface area contributed by atoms with Crippen LogP contribution < -0.4 is 15.4 Å². The van der Waals surface area contributed by atoms with Crippen molar-refractivity contribution in [3.8, 4) is 5.75 Å². The van der Waals surface area contributed by atoms with Gasteiger partial charge in [-0.25, -0.2) is 8.78 Å². The predicted octanol–water partition coefficient (Wildman–Crippen LogP) is 3.35. The van der Waals surface area contributed by atoms with E-state index in [-0.39, 0.29) is 11.4 Å². The highest BCUT2D eigenvalue weighted by Crippen LogP contribution is 2.36. The van der Waals surface area contributed by atoms with Crippen LogP contribution in [0.5, 0.6) is 5.75 Å². The second-order valence-electron chi connectivity index (χ2n) is 5.31. The van der Waals surface area contributed by atoms with Crippen LogP contribution in [0.2, 0.25) is 5.02 Å². The van der Waals surface area contributed by atoms with Gasteiger partial charge in [-0.15, -0.1) is 0 Å². The summed E-state index contributed by atoms with van der Waals surface area (Å²) >= 11 is 5.84. The van der Waals surface area contributed by atoms with E-state index in [4.69, 9.17) is 16.3 Å². The minimum atomic E-state index is -1.93. The lowest BCUT2D eigenvalue weighted by Gasteiger charge is -2.33. The Bertz CT molecular complexity index is 859. The molecule has 2 N–H and O–H groups in total. The summed E-state index contributed by atoms with van der Waals surface area (Å²) in [6, 6.07) is 7.18. The van der Waals surface area contributed by atoms with Crippen LogP contribution in [0, 0.1) is 11.6 Å². The molecule has 124 valence electrons. The van der Waals surface area contributed by atoms with Gasteiger partial charge in [-0.3, -0.25) is 9.59 Å². The first kappa shape index (κ1) is 16.2. The molecule has 5 nitrogen and oxygen atoms in total. The van der Waals surface area contributed by atoms with Crippen molar-refractivity contribution in [2.75, 3.05) is 10.6 Å². The molecule has 8 heteroatoms. The van der Waals surface area contributed by atoms with Gasteiger partial charge < -0.3 is 15.4 Å². The largest absolute Gasteiger partial charge is 0.466 e. The first-order valence-electron chi connectivity index (χ1n) is 6.86. The molecule has 1 atom stereocenters. The highest BCUT2D eigenvalue weighted by molar-refractivity contribution is 6.31. The highest BCUT2D eigenvalue weighted by atomic mass is 35.5. The number of carbonyl (C=O) groups excluding carboxylic acids is 2. The number of hydrogen-bond acceptors (Lipinski definition) is 3. The molecule has 2 amide bonds. The molecule has 1 aliphatic rings. The number of nitrogens with one attached hydrogen (secondary N) is 2. The minimum absolute atomic E-state index is 0.247. The predicted molar refractivity (Wildman–Crippen MR) is 84.1 cm³/mol. The monoisotopic (exact) mass is 352 g/mol. The summed E-state index contributed by atoms with van der Waals surface area (Å²) in [5.74, 6) is -3.14. The van der Waals surface area contributed by atoms with E-state index in [1.807, 2.05) is 0 Å². The molecule has 0 aromatic heterocycles. The quantitative estimate of drug-likeness (QED) is 0.814. The maximum Gasteiger partial charge on any atom is 0.278 e. The van der Waals surface area contributed by atoms with Crippen molar-refractivity contribution in [3.63, 3.8) is 0 Å². The fourth-order valence-corrected chi connectivity index (χ4v) is 2.35. The number of anilines is 2. The molecule has 2 aromatic rings. The van der Waals surface area contributed by atoms with Gasteiger partial charge >= 0.3 is 0 Å². The average molecular weight is 353 g/mol. The Balaban J connectivity index is 1.88. The first-order valence-corrected chi connectivity index (χ1v) is 7.24. The topological polar surface area (TPSA) is 67.4 Å². The zero-order valence-electron chi connectivity index (χ0n) is 12.3. The molecule has 0 saturated heterocycles. The average Bonchev–Trinajstić information content (AvgIpc) is 2.51. The van der Waals surface area contributed by atoms with Crippen LogP contribution >= 0.6 is 11.6 Å². The van der Waals surface area contributed by atoms with E-state index >= 15 is 0 Å². The molecule has 3 rings (SSSR count). The SMILES string of the molecule is CC1(C(=O)Nc2ccc(F)cc2F)Oc2ccc(Cl)cc2NC1=O. The van der Waals surface area contributed by atoms with Crippen molar-refractivity contribution < 1.29 is 23.1 Å². The molecule has 0 saturated carbocycles. The highest BCUT2D eigenvalue weighted by Gasteiger charge is 2.47. The Morgan fingerprint density at radius 2 is 2.00 bits per heavy atom. The van der Waals surface area contributed by atoms with Crippen LogP contribution in [-0.4, -0.2) is 17.4 Å². The van der Waals surface area contributed by atoms with Gasteiger partial charge in [-0.05, 0) is 37.3 Å². The molecular weight excluding hydrogens is 342 g/mol. The van der Waals surface area contributed by atoms with Crippen LogP contribution in [0.4, 0.5) is 20.2 Å². The summed E-state index contributed by atoms with van der Waals surface area (Å²) in [5.41, 5.74) is -1.87. The molecule has 0 bridgehead atoms. The first-order chi connectivity index (χ1) is 11.3. The number of fused-ring (bicyclic) bond motifs is 1. The number of amides is 2. The summed E-state index contributed by atoms with van der Waals surface area (Å²) < 4.78 is 32.1. The lowest BCUT2D eigenvalue weighted by molar-refractivity contribution is -0.143. The number of rotatable bonds is 2. The Labute approximate surface area is 140 Å². The Morgan fingerprint density at radius 3 is 2.71 bits per heavy atom. The molecule has 1 aliphatic heterocycles. The minimum Gasteiger partial charge on any atom is -0.466 e. The van der Waals surface area contributed by atoms with Crippen LogP contribution in [0.1, 0.15) is 6.92 Å². The van der Waals surface area contributed by atoms with E-state index in [9.17, 15) is 18.4 Å². The van der Waals surface area contributed by atoms with E-state index in [1.165, 1.54) is 25.1 Å². The summed E-state index contributed by atoms with van der Waals surface area (Å²) in [6.07, 6.45) is 0. The van der Waals surface area contributed by atoms with Gasteiger partial charge in [0.25, 0.3) is 17.4 Å². The third kappa shape index (κ3) is 2.78. The van der Waals surface area contributed by atoms with Crippen molar-refractivity contribution in [1.29, 1.82) is 0 Å². The van der Waals surface area contributed by atoms with Crippen LogP contribution in [0.3, 0.4) is 0 Å². The molecule has 2 aromatic carbocycles. The van der Waals surface area contributed by atoms with Gasteiger partial charge in [-0.2, -0.15) is 0 Å². The molecule has 0 spiro atoms. The summed E-state index contributed by atoms with van der Waals surface area (Å²) in [4.78, 5) is 24.7. The zero-order chi connectivity index (χ0) is 17.5. The summed E-state index contributed by atoms with van der Waals surface area (Å²) in [5, 5.41) is 5.13. The number of halogens is 3. The molecule has 0 aliphatic carbocycles. The smallest absolute Gasteiger partial charge is 0.278 e. The molecule has 1 unspecified atom stereocenters. The Hall–Kier alpha value is -2.67. The van der Waals surface area contributed by atoms with Gasteiger partial charge in [0.2, 0.25) is 0 Å². The number of carbonyl (C=O) groups is 2. The summed E-state index contributed by atoms with van der Waals surface area (Å²) in [6.45, 7) is 1.25. The third-order valence-electron chi connectivity index (χ3n) is 3.55. The van der Waals surface area contributed by atoms with Crippen molar-refractivity contribution in [3.05, 3.63) is 53.1 Å². The van der Waals surface area contributed by atoms with Gasteiger partial charge in [0.15, 0.2) is 0 Å². The maximum absolute atomic E-state index is 13.7. The van der Waals surface area contributed by atoms with Crippen LogP contribution in [0.15, 0.2) is 36.4 Å². The number of hydrogen-bond donors (Lipinski definition) is 2. The third-order valence-corrected chi connectivity index (χ3v) is 3.78. The van der Waals surface area contributed by atoms with Crippen molar-refractivity contribution in [2.45, 2.75) is 12.5 Å². The van der Waals surface area contributed by atoms with E-state index in [0.29, 0.717) is 16.8 Å². The molecular formula is C16H11ClF2N2O3. The number of benzene rings is 2. The van der Waals surface area contributed by atoms with Crippen LogP contribution in [0.25, 0.3) is 0 Å². The summed E-state index contributed by atoms with van der Waals surface area (Å²) in [7, 11) is 0. The van der Waals surface area contributed by atoms with Crippen molar-refractivity contribution in [2.24, 2.45) is 0 Å². The Morgan fingerprint density at radius 1 is 1.25 bits per heavy atom. The van der Waals surface area contributed by atoms with E-state index in [1.54, 1.807) is 0 Å². The van der Waals surface area contributed by atoms with Crippen molar-refractivity contribution >= 4 is 34.8 Å². The normalized spacial score (nSPS) is 19.1. The van der Waals surface area contributed by atoms with Gasteiger partial charge in [0.1, 0.15) is 17.4 Å². The van der Waals surface area contributed by atoms with Gasteiger partial charge in [0, 0.05) is 11.1 Å². The lowest BCUT2D eigenvalue weighted by Crippen LogP contribution is -2.56. The number of ether oxygens (including phenoxy) is 1. The standard InChI is InChI=1S/C16H11ClF2N2O3/c1-16(14(22)20-11-4-3-9(18)7-10(11)19)15(23)21-12-6-8(17)2-5-13(12)24-16/h2-7H,1H3,(H,20,22)(H,21,23). The lowest BCUT2D eigenvalue weighted by atomic mass is 10.0. The molecule has 0 radical (unpaired) electrons. The second kappa shape index (κ2) is 5.76. The second-order valence-corrected chi connectivity index (χ2v) is 5.74. The zero-order valence-corrected chi connectivity index (χ0v) is 13.1. The van der Waals surface area contributed by atoms with E-state index in [2.05, 4.69) is 10.6 Å². The molecule has 1 heterocycles. The van der Waals surface area contributed by atoms with E-state index < -0.39 is 29.0 Å². The Kier molecular flexibility index (Phi) is 3.88. The van der Waals surface area contributed by atoms with Crippen LogP contribution in [-0.2, 0) is 9.59 Å². The maximum atomic E-state index is 13.7. The van der Waals surface area contributed by atoms with Crippen molar-refractivity contribution in [1.82, 2.24) is 0 Å². The fourth-order valence-electron chi connectivity index (χ4n) is 2.18. The fraction of sp³-hybridized carbons (Fsp3) is 0.125. The van der Waals surface area contributed by atoms with Gasteiger partial charge in [-0.1, -0.05) is 11.6 Å². The van der Waals surface area contributed by atoms with Gasteiger partial charge in [0.05, 0.1) is 11.4 Å². The molecule has 0 fully saturated rings. The van der Waals surface area contributed by atoms with E-state index in [0.717, 1.165) is 12.1 Å². The molecule has 24 heavy (non-hydrogen) atoms.